The van der Waals surface area contributed by atoms with Gasteiger partial charge in [-0.1, -0.05) is 41.9 Å². The van der Waals surface area contributed by atoms with Gasteiger partial charge in [0.15, 0.2) is 23.0 Å². The van der Waals surface area contributed by atoms with E-state index in [0.717, 1.165) is 0 Å². The van der Waals surface area contributed by atoms with Gasteiger partial charge in [0.25, 0.3) is 0 Å². The molecule has 216 valence electrons. The SMILES string of the molecule is COc1cc(C#Cc2ccccn2)c(C#Cc2cc(OC)c(OC)cc2C#Cc2ccccn2)cc1OC.c1ccncc1. The summed E-state index contributed by atoms with van der Waals surface area (Å²) < 4.78 is 22.0. The molecule has 7 heteroatoms. The summed E-state index contributed by atoms with van der Waals surface area (Å²) in [5.74, 6) is 21.1. The quantitative estimate of drug-likeness (QED) is 0.250. The van der Waals surface area contributed by atoms with Crippen LogP contribution in [0.3, 0.4) is 0 Å². The fourth-order valence-electron chi connectivity index (χ4n) is 3.76. The predicted molar refractivity (Wildman–Crippen MR) is 170 cm³/mol. The van der Waals surface area contributed by atoms with Crippen LogP contribution < -0.4 is 18.9 Å². The Morgan fingerprint density at radius 3 is 1.00 bits per heavy atom. The third-order valence-corrected chi connectivity index (χ3v) is 5.93. The van der Waals surface area contributed by atoms with Crippen LogP contribution in [-0.4, -0.2) is 43.4 Å². The standard InChI is InChI=1S/C32H24N2O4.C5H5N/c1-35-29-19-23(25(21-31(29)37-3)13-15-27-9-5-7-17-33-27)11-12-24-20-30(36-2)32(38-4)22-26(24)14-16-28-10-6-8-18-34-28;1-2-4-6-5-3-1/h5-10,17-22H,1-4H3;1-5H. The van der Waals surface area contributed by atoms with E-state index in [1.807, 2.05) is 54.6 Å². The molecule has 0 atom stereocenters. The molecule has 0 bridgehead atoms. The van der Waals surface area contributed by atoms with Crippen LogP contribution in [0.25, 0.3) is 0 Å². The minimum atomic E-state index is 0.544. The van der Waals surface area contributed by atoms with Crippen LogP contribution in [0.15, 0.2) is 104 Å². The third kappa shape index (κ3) is 8.63. The normalized spacial score (nSPS) is 9.27. The van der Waals surface area contributed by atoms with Crippen LogP contribution >= 0.6 is 0 Å². The van der Waals surface area contributed by atoms with Crippen LogP contribution in [0.5, 0.6) is 23.0 Å². The molecule has 0 saturated carbocycles. The van der Waals surface area contributed by atoms with Gasteiger partial charge in [0.05, 0.1) is 28.4 Å². The van der Waals surface area contributed by atoms with E-state index in [2.05, 4.69) is 50.5 Å². The van der Waals surface area contributed by atoms with Crippen molar-refractivity contribution in [2.75, 3.05) is 28.4 Å². The zero-order valence-corrected chi connectivity index (χ0v) is 24.8. The highest BCUT2D eigenvalue weighted by molar-refractivity contribution is 5.64. The lowest BCUT2D eigenvalue weighted by Gasteiger charge is -2.10. The number of ether oxygens (including phenoxy) is 4. The van der Waals surface area contributed by atoms with Crippen LogP contribution in [0.2, 0.25) is 0 Å². The average Bonchev–Trinajstić information content (AvgIpc) is 3.10. The number of hydrogen-bond acceptors (Lipinski definition) is 7. The Hall–Kier alpha value is -6.23. The highest BCUT2D eigenvalue weighted by atomic mass is 16.5. The highest BCUT2D eigenvalue weighted by Gasteiger charge is 2.11. The molecule has 0 amide bonds. The Kier molecular flexibility index (Phi) is 11.4. The summed E-state index contributed by atoms with van der Waals surface area (Å²) in [6.07, 6.45) is 6.90. The van der Waals surface area contributed by atoms with Crippen molar-refractivity contribution in [2.45, 2.75) is 0 Å². The van der Waals surface area contributed by atoms with E-state index in [9.17, 15) is 0 Å². The lowest BCUT2D eigenvalue weighted by atomic mass is 10.0. The van der Waals surface area contributed by atoms with Crippen molar-refractivity contribution in [3.05, 3.63) is 137 Å². The van der Waals surface area contributed by atoms with Gasteiger partial charge in [0.2, 0.25) is 0 Å². The first-order valence-electron chi connectivity index (χ1n) is 13.4. The Morgan fingerprint density at radius 1 is 0.409 bits per heavy atom. The molecule has 0 radical (unpaired) electrons. The summed E-state index contributed by atoms with van der Waals surface area (Å²) in [5.41, 5.74) is 3.94. The number of hydrogen-bond donors (Lipinski definition) is 0. The van der Waals surface area contributed by atoms with Gasteiger partial charge in [-0.2, -0.15) is 0 Å². The first-order chi connectivity index (χ1) is 21.6. The van der Waals surface area contributed by atoms with E-state index in [0.29, 0.717) is 56.6 Å². The number of benzene rings is 2. The molecule has 5 rings (SSSR count). The van der Waals surface area contributed by atoms with Crippen LogP contribution in [-0.2, 0) is 0 Å². The first-order valence-corrected chi connectivity index (χ1v) is 13.4. The molecular formula is C37H29N3O4. The van der Waals surface area contributed by atoms with Gasteiger partial charge >= 0.3 is 0 Å². The molecule has 7 nitrogen and oxygen atoms in total. The van der Waals surface area contributed by atoms with Gasteiger partial charge in [0.1, 0.15) is 11.4 Å². The minimum Gasteiger partial charge on any atom is -0.493 e. The lowest BCUT2D eigenvalue weighted by Crippen LogP contribution is -1.96. The number of nitrogens with zero attached hydrogens (tertiary/aromatic N) is 3. The van der Waals surface area contributed by atoms with Crippen molar-refractivity contribution in [2.24, 2.45) is 0 Å². The molecule has 0 fully saturated rings. The summed E-state index contributed by atoms with van der Waals surface area (Å²) in [7, 11) is 6.31. The van der Waals surface area contributed by atoms with Gasteiger partial charge in [-0.25, -0.2) is 9.97 Å². The van der Waals surface area contributed by atoms with Crippen molar-refractivity contribution in [1.82, 2.24) is 15.0 Å². The molecule has 2 aromatic carbocycles. The first kappa shape index (κ1) is 30.7. The molecule has 3 heterocycles. The van der Waals surface area contributed by atoms with E-state index in [4.69, 9.17) is 18.9 Å². The smallest absolute Gasteiger partial charge is 0.162 e. The molecule has 3 aromatic heterocycles. The molecular weight excluding hydrogens is 550 g/mol. The fraction of sp³-hybridized carbons (Fsp3) is 0.108. The zero-order valence-electron chi connectivity index (χ0n) is 24.8. The number of methoxy groups -OCH3 is 4. The van der Waals surface area contributed by atoms with Crippen molar-refractivity contribution in [1.29, 1.82) is 0 Å². The topological polar surface area (TPSA) is 75.6 Å². The van der Waals surface area contributed by atoms with E-state index in [1.54, 1.807) is 77.5 Å². The number of pyridine rings is 3. The number of aromatic nitrogens is 3. The second kappa shape index (κ2) is 16.3. The molecule has 0 spiro atoms. The number of rotatable bonds is 4. The van der Waals surface area contributed by atoms with E-state index >= 15 is 0 Å². The Bertz CT molecular complexity index is 1710. The van der Waals surface area contributed by atoms with Gasteiger partial charge in [-0.3, -0.25) is 4.98 Å². The molecule has 0 aliphatic carbocycles. The summed E-state index contributed by atoms with van der Waals surface area (Å²) in [6, 6.07) is 24.1. The zero-order chi connectivity index (χ0) is 31.0. The Morgan fingerprint density at radius 2 is 0.750 bits per heavy atom. The minimum absolute atomic E-state index is 0.544. The summed E-state index contributed by atoms with van der Waals surface area (Å²) in [5, 5.41) is 0. The maximum Gasteiger partial charge on any atom is 0.162 e. The summed E-state index contributed by atoms with van der Waals surface area (Å²) >= 11 is 0. The van der Waals surface area contributed by atoms with Crippen molar-refractivity contribution in [3.8, 4) is 58.5 Å². The van der Waals surface area contributed by atoms with Crippen LogP contribution in [0.1, 0.15) is 33.6 Å². The predicted octanol–water partition coefficient (Wildman–Crippen LogP) is 5.79. The van der Waals surface area contributed by atoms with E-state index < -0.39 is 0 Å². The summed E-state index contributed by atoms with van der Waals surface area (Å²) in [4.78, 5) is 12.3. The molecule has 5 aromatic rings. The second-order valence-electron chi connectivity index (χ2n) is 8.71. The van der Waals surface area contributed by atoms with Crippen molar-refractivity contribution < 1.29 is 18.9 Å². The van der Waals surface area contributed by atoms with Crippen LogP contribution in [0, 0.1) is 35.5 Å². The monoisotopic (exact) mass is 579 g/mol. The van der Waals surface area contributed by atoms with E-state index in [1.165, 1.54) is 0 Å². The summed E-state index contributed by atoms with van der Waals surface area (Å²) in [6.45, 7) is 0. The average molecular weight is 580 g/mol. The molecule has 0 saturated heterocycles. The largest absolute Gasteiger partial charge is 0.493 e. The maximum atomic E-state index is 5.51. The van der Waals surface area contributed by atoms with Crippen molar-refractivity contribution >= 4 is 0 Å². The van der Waals surface area contributed by atoms with Crippen molar-refractivity contribution in [3.63, 3.8) is 0 Å². The molecule has 44 heavy (non-hydrogen) atoms. The molecule has 0 unspecified atom stereocenters. The van der Waals surface area contributed by atoms with Gasteiger partial charge in [0, 0.05) is 71.3 Å². The van der Waals surface area contributed by atoms with Gasteiger partial charge < -0.3 is 18.9 Å². The van der Waals surface area contributed by atoms with Gasteiger partial charge in [-0.15, -0.1) is 0 Å². The van der Waals surface area contributed by atoms with Gasteiger partial charge in [-0.05, 0) is 48.2 Å². The fourth-order valence-corrected chi connectivity index (χ4v) is 3.76. The molecule has 0 aliphatic rings. The Balaban J connectivity index is 0.000000657. The molecule has 0 aliphatic heterocycles. The molecule has 0 N–H and O–H groups in total. The second-order valence-corrected chi connectivity index (χ2v) is 8.71. The highest BCUT2D eigenvalue weighted by Crippen LogP contribution is 2.32. The maximum absolute atomic E-state index is 5.51. The van der Waals surface area contributed by atoms with Crippen LogP contribution in [0.4, 0.5) is 0 Å². The third-order valence-electron chi connectivity index (χ3n) is 5.93. The Labute approximate surface area is 257 Å². The van der Waals surface area contributed by atoms with E-state index in [-0.39, 0.29) is 0 Å². The lowest BCUT2D eigenvalue weighted by molar-refractivity contribution is 0.354.